The molecule has 1 saturated carbocycles. The van der Waals surface area contributed by atoms with Crippen molar-refractivity contribution in [3.05, 3.63) is 41.7 Å². The fourth-order valence-corrected chi connectivity index (χ4v) is 2.57. The Morgan fingerprint density at radius 1 is 1.12 bits per heavy atom. The molecule has 1 fully saturated rings. The lowest BCUT2D eigenvalue weighted by Crippen LogP contribution is -2.10. The normalized spacial score (nSPS) is 25.9. The first-order chi connectivity index (χ1) is 8.20. The van der Waals surface area contributed by atoms with Crippen LogP contribution in [0.1, 0.15) is 49.7 Å². The molecule has 2 rings (SSSR count). The zero-order valence-corrected chi connectivity index (χ0v) is 10.1. The molecule has 17 heavy (non-hydrogen) atoms. The molecule has 1 aliphatic carbocycles. The van der Waals surface area contributed by atoms with E-state index in [0.717, 1.165) is 5.92 Å². The summed E-state index contributed by atoms with van der Waals surface area (Å²) in [5, 5.41) is 0. The van der Waals surface area contributed by atoms with E-state index in [-0.39, 0.29) is 6.33 Å². The Kier molecular flexibility index (Phi) is 3.93. The number of rotatable bonds is 2. The van der Waals surface area contributed by atoms with Gasteiger partial charge in [-0.1, -0.05) is 44.0 Å². The van der Waals surface area contributed by atoms with E-state index in [1.165, 1.54) is 31.2 Å². The Bertz CT molecular complexity index is 384. The molecule has 0 amide bonds. The molecule has 0 aliphatic heterocycles. The van der Waals surface area contributed by atoms with Crippen LogP contribution in [0.25, 0.3) is 5.83 Å². The van der Waals surface area contributed by atoms with Gasteiger partial charge in [0.15, 0.2) is 5.83 Å². The molecule has 1 aromatic rings. The minimum absolute atomic E-state index is 0.0112. The largest absolute Gasteiger partial charge is 0.212 e. The van der Waals surface area contributed by atoms with Crippen LogP contribution in [-0.2, 0) is 0 Å². The Hall–Kier alpha value is -1.18. The quantitative estimate of drug-likeness (QED) is 0.660. The molecule has 0 heterocycles. The molecule has 2 heteroatoms. The summed E-state index contributed by atoms with van der Waals surface area (Å²) in [5.41, 5.74) is 1.58. The monoisotopic (exact) mass is 236 g/mol. The summed E-state index contributed by atoms with van der Waals surface area (Å²) >= 11 is 0. The van der Waals surface area contributed by atoms with Crippen molar-refractivity contribution >= 4 is 5.83 Å². The van der Waals surface area contributed by atoms with E-state index in [2.05, 4.69) is 6.92 Å². The average molecular weight is 236 g/mol. The van der Waals surface area contributed by atoms with Gasteiger partial charge in [0.25, 0.3) is 0 Å². The van der Waals surface area contributed by atoms with Crippen molar-refractivity contribution in [2.24, 2.45) is 5.92 Å². The van der Waals surface area contributed by atoms with Gasteiger partial charge in [-0.25, -0.2) is 8.78 Å². The maximum Gasteiger partial charge on any atom is 0.158 e. The number of hydrogen-bond acceptors (Lipinski definition) is 0. The zero-order valence-electron chi connectivity index (χ0n) is 10.1. The van der Waals surface area contributed by atoms with Crippen LogP contribution in [0.15, 0.2) is 30.6 Å². The predicted octanol–water partition coefficient (Wildman–Crippen LogP) is 5.22. The SMILES string of the molecule is CC1CCC(c2ccc(/C(F)=C/F)cc2)CC1. The van der Waals surface area contributed by atoms with Crippen LogP contribution in [0, 0.1) is 5.92 Å². The molecule has 0 atom stereocenters. The molecule has 0 spiro atoms. The minimum Gasteiger partial charge on any atom is -0.212 e. The minimum atomic E-state index is -0.797. The summed E-state index contributed by atoms with van der Waals surface area (Å²) in [6.45, 7) is 2.29. The van der Waals surface area contributed by atoms with Crippen LogP contribution in [0.3, 0.4) is 0 Å². The van der Waals surface area contributed by atoms with E-state index in [0.29, 0.717) is 11.5 Å². The first-order valence-corrected chi connectivity index (χ1v) is 6.27. The average Bonchev–Trinajstić information content (AvgIpc) is 2.39. The third-order valence-corrected chi connectivity index (χ3v) is 3.77. The number of benzene rings is 1. The second-order valence-electron chi connectivity index (χ2n) is 5.04. The van der Waals surface area contributed by atoms with Crippen LogP contribution >= 0.6 is 0 Å². The van der Waals surface area contributed by atoms with Crippen molar-refractivity contribution in [1.29, 1.82) is 0 Å². The summed E-state index contributed by atoms with van der Waals surface area (Å²) < 4.78 is 25.0. The summed E-state index contributed by atoms with van der Waals surface area (Å²) in [7, 11) is 0. The van der Waals surface area contributed by atoms with Gasteiger partial charge in [-0.2, -0.15) is 0 Å². The summed E-state index contributed by atoms with van der Waals surface area (Å²) in [4.78, 5) is 0. The highest BCUT2D eigenvalue weighted by Gasteiger charge is 2.19. The second-order valence-corrected chi connectivity index (χ2v) is 5.04. The molecule has 0 aromatic heterocycles. The highest BCUT2D eigenvalue weighted by molar-refractivity contribution is 5.58. The van der Waals surface area contributed by atoms with Gasteiger partial charge in [0.2, 0.25) is 0 Å². The predicted molar refractivity (Wildman–Crippen MR) is 67.0 cm³/mol. The fraction of sp³-hybridized carbons (Fsp3) is 0.467. The molecule has 0 saturated heterocycles. The van der Waals surface area contributed by atoms with Gasteiger partial charge in [-0.15, -0.1) is 0 Å². The van der Waals surface area contributed by atoms with Crippen molar-refractivity contribution in [3.8, 4) is 0 Å². The topological polar surface area (TPSA) is 0 Å². The van der Waals surface area contributed by atoms with E-state index in [1.807, 2.05) is 12.1 Å². The van der Waals surface area contributed by atoms with Crippen molar-refractivity contribution in [1.82, 2.24) is 0 Å². The zero-order chi connectivity index (χ0) is 12.3. The number of hydrogen-bond donors (Lipinski definition) is 0. The first kappa shape index (κ1) is 12.3. The highest BCUT2D eigenvalue weighted by atomic mass is 19.2. The van der Waals surface area contributed by atoms with Crippen molar-refractivity contribution in [2.45, 2.75) is 38.5 Å². The lowest BCUT2D eigenvalue weighted by molar-refractivity contribution is 0.348. The van der Waals surface area contributed by atoms with Gasteiger partial charge in [-0.3, -0.25) is 0 Å². The standard InChI is InChI=1S/C15H18F2/c1-11-2-4-12(5-3-11)13-6-8-14(9-7-13)15(17)10-16/h6-12H,2-5H2,1H3/b15-10-. The Morgan fingerprint density at radius 3 is 2.24 bits per heavy atom. The second kappa shape index (κ2) is 5.44. The first-order valence-electron chi connectivity index (χ1n) is 6.27. The maximum absolute atomic E-state index is 13.0. The molecule has 1 aliphatic rings. The third kappa shape index (κ3) is 2.93. The van der Waals surface area contributed by atoms with Gasteiger partial charge in [-0.05, 0) is 30.2 Å². The molecule has 0 N–H and O–H groups in total. The molecule has 0 nitrogen and oxygen atoms in total. The maximum atomic E-state index is 13.0. The van der Waals surface area contributed by atoms with Crippen molar-refractivity contribution in [2.75, 3.05) is 0 Å². The summed E-state index contributed by atoms with van der Waals surface area (Å²) in [5.74, 6) is 0.629. The van der Waals surface area contributed by atoms with Gasteiger partial charge in [0, 0.05) is 5.56 Å². The van der Waals surface area contributed by atoms with Crippen molar-refractivity contribution < 1.29 is 8.78 Å². The lowest BCUT2D eigenvalue weighted by Gasteiger charge is -2.26. The Morgan fingerprint density at radius 2 is 1.71 bits per heavy atom. The van der Waals surface area contributed by atoms with Crippen LogP contribution in [-0.4, -0.2) is 0 Å². The van der Waals surface area contributed by atoms with Crippen LogP contribution < -0.4 is 0 Å². The fourth-order valence-electron chi connectivity index (χ4n) is 2.57. The molecular formula is C15H18F2. The van der Waals surface area contributed by atoms with Crippen LogP contribution in [0.5, 0.6) is 0 Å². The molecule has 1 aromatic carbocycles. The van der Waals surface area contributed by atoms with Crippen LogP contribution in [0.2, 0.25) is 0 Å². The molecule has 0 radical (unpaired) electrons. The van der Waals surface area contributed by atoms with Gasteiger partial charge in [0.1, 0.15) is 6.33 Å². The Balaban J connectivity index is 2.08. The van der Waals surface area contributed by atoms with Crippen molar-refractivity contribution in [3.63, 3.8) is 0 Å². The molecule has 0 bridgehead atoms. The number of halogens is 2. The van der Waals surface area contributed by atoms with Crippen LogP contribution in [0.4, 0.5) is 8.78 Å². The van der Waals surface area contributed by atoms with E-state index >= 15 is 0 Å². The van der Waals surface area contributed by atoms with E-state index < -0.39 is 5.83 Å². The third-order valence-electron chi connectivity index (χ3n) is 3.77. The van der Waals surface area contributed by atoms with E-state index in [9.17, 15) is 8.78 Å². The molecule has 0 unspecified atom stereocenters. The Labute approximate surface area is 101 Å². The van der Waals surface area contributed by atoms with E-state index in [4.69, 9.17) is 0 Å². The van der Waals surface area contributed by atoms with Gasteiger partial charge < -0.3 is 0 Å². The lowest BCUT2D eigenvalue weighted by atomic mass is 9.79. The van der Waals surface area contributed by atoms with Gasteiger partial charge >= 0.3 is 0 Å². The molecule has 92 valence electrons. The summed E-state index contributed by atoms with van der Waals surface area (Å²) in [6, 6.07) is 7.19. The highest BCUT2D eigenvalue weighted by Crippen LogP contribution is 2.35. The van der Waals surface area contributed by atoms with E-state index in [1.54, 1.807) is 12.1 Å². The smallest absolute Gasteiger partial charge is 0.158 e. The van der Waals surface area contributed by atoms with Gasteiger partial charge in [0.05, 0.1) is 0 Å². The molecular weight excluding hydrogens is 218 g/mol. The summed E-state index contributed by atoms with van der Waals surface area (Å²) in [6.07, 6.45) is 4.97.